The van der Waals surface area contributed by atoms with E-state index in [-0.39, 0.29) is 0 Å². The van der Waals surface area contributed by atoms with Crippen molar-refractivity contribution >= 4 is 15.9 Å². The van der Waals surface area contributed by atoms with Crippen molar-refractivity contribution in [3.63, 3.8) is 0 Å². The lowest BCUT2D eigenvalue weighted by molar-refractivity contribution is 0.304. The van der Waals surface area contributed by atoms with E-state index in [0.717, 1.165) is 28.4 Å². The second-order valence-electron chi connectivity index (χ2n) is 5.67. The van der Waals surface area contributed by atoms with Gasteiger partial charge in [0.25, 0.3) is 0 Å². The second kappa shape index (κ2) is 6.63. The molecule has 21 heavy (non-hydrogen) atoms. The molecule has 2 aromatic rings. The Labute approximate surface area is 134 Å². The van der Waals surface area contributed by atoms with Crippen LogP contribution in [0, 0.1) is 6.92 Å². The molecule has 0 heterocycles. The highest BCUT2D eigenvalue weighted by atomic mass is 79.9. The molecular weight excluding hydrogens is 326 g/mol. The molecular formula is C18H20BrNO. The van der Waals surface area contributed by atoms with Crippen LogP contribution in [-0.4, -0.2) is 6.04 Å². The summed E-state index contributed by atoms with van der Waals surface area (Å²) in [5.41, 5.74) is 3.69. The molecule has 0 aliphatic heterocycles. The van der Waals surface area contributed by atoms with Crippen LogP contribution in [0.2, 0.25) is 0 Å². The lowest BCUT2D eigenvalue weighted by Gasteiger charge is -2.11. The van der Waals surface area contributed by atoms with Crippen LogP contribution in [0.15, 0.2) is 46.9 Å². The fourth-order valence-corrected chi connectivity index (χ4v) is 2.79. The first-order valence-electron chi connectivity index (χ1n) is 7.41. The summed E-state index contributed by atoms with van der Waals surface area (Å²) in [6.07, 6.45) is 2.65. The molecule has 1 aliphatic carbocycles. The largest absolute Gasteiger partial charge is 0.489 e. The van der Waals surface area contributed by atoms with Crippen LogP contribution < -0.4 is 10.1 Å². The highest BCUT2D eigenvalue weighted by Gasteiger charge is 2.19. The molecule has 0 unspecified atom stereocenters. The lowest BCUT2D eigenvalue weighted by atomic mass is 10.1. The van der Waals surface area contributed by atoms with Gasteiger partial charge >= 0.3 is 0 Å². The van der Waals surface area contributed by atoms with E-state index in [1.165, 1.54) is 24.0 Å². The number of nitrogens with one attached hydrogen (secondary N) is 1. The summed E-state index contributed by atoms with van der Waals surface area (Å²) in [6.45, 7) is 3.63. The number of aryl methyl sites for hydroxylation is 1. The molecule has 0 spiro atoms. The third-order valence-corrected chi connectivity index (χ3v) is 4.19. The van der Waals surface area contributed by atoms with Crippen molar-refractivity contribution in [1.29, 1.82) is 0 Å². The molecule has 1 N–H and O–H groups in total. The third kappa shape index (κ3) is 4.32. The Kier molecular flexibility index (Phi) is 4.61. The molecule has 0 radical (unpaired) electrons. The summed E-state index contributed by atoms with van der Waals surface area (Å²) < 4.78 is 7.01. The molecule has 3 heteroatoms. The number of hydrogen-bond acceptors (Lipinski definition) is 2. The summed E-state index contributed by atoms with van der Waals surface area (Å²) in [5, 5.41) is 3.54. The Morgan fingerprint density at radius 1 is 1.14 bits per heavy atom. The molecule has 1 fully saturated rings. The van der Waals surface area contributed by atoms with E-state index < -0.39 is 0 Å². The van der Waals surface area contributed by atoms with Crippen LogP contribution in [0.1, 0.15) is 29.5 Å². The molecule has 0 atom stereocenters. The first-order chi connectivity index (χ1) is 10.2. The minimum atomic E-state index is 0.611. The summed E-state index contributed by atoms with van der Waals surface area (Å²) >= 11 is 3.47. The average Bonchev–Trinajstić information content (AvgIpc) is 3.29. The summed E-state index contributed by atoms with van der Waals surface area (Å²) in [4.78, 5) is 0. The summed E-state index contributed by atoms with van der Waals surface area (Å²) in [6, 6.07) is 15.5. The van der Waals surface area contributed by atoms with Crippen LogP contribution in [0.3, 0.4) is 0 Å². The van der Waals surface area contributed by atoms with Crippen molar-refractivity contribution in [1.82, 2.24) is 5.32 Å². The summed E-state index contributed by atoms with van der Waals surface area (Å²) in [7, 11) is 0. The second-order valence-corrected chi connectivity index (χ2v) is 6.59. The van der Waals surface area contributed by atoms with Crippen LogP contribution >= 0.6 is 15.9 Å². The molecule has 3 rings (SSSR count). The van der Waals surface area contributed by atoms with Crippen molar-refractivity contribution in [2.45, 2.75) is 39.0 Å². The fourth-order valence-electron chi connectivity index (χ4n) is 2.31. The van der Waals surface area contributed by atoms with Crippen molar-refractivity contribution in [3.8, 4) is 5.75 Å². The predicted octanol–water partition coefficient (Wildman–Crippen LogP) is 4.59. The average molecular weight is 346 g/mol. The van der Waals surface area contributed by atoms with Gasteiger partial charge in [0.05, 0.1) is 0 Å². The monoisotopic (exact) mass is 345 g/mol. The van der Waals surface area contributed by atoms with Crippen LogP contribution in [0.4, 0.5) is 0 Å². The van der Waals surface area contributed by atoms with Crippen LogP contribution in [-0.2, 0) is 13.2 Å². The Morgan fingerprint density at radius 3 is 2.71 bits per heavy atom. The topological polar surface area (TPSA) is 21.3 Å². The molecule has 110 valence electrons. The number of hydrogen-bond donors (Lipinski definition) is 1. The molecule has 0 bridgehead atoms. The molecule has 0 saturated heterocycles. The highest BCUT2D eigenvalue weighted by Crippen LogP contribution is 2.23. The van der Waals surface area contributed by atoms with Crippen molar-refractivity contribution in [3.05, 3.63) is 63.6 Å². The zero-order valence-corrected chi connectivity index (χ0v) is 13.8. The molecule has 2 nitrogen and oxygen atoms in total. The van der Waals surface area contributed by atoms with Crippen LogP contribution in [0.5, 0.6) is 5.75 Å². The van der Waals surface area contributed by atoms with Gasteiger partial charge in [0.15, 0.2) is 0 Å². The number of benzene rings is 2. The Hall–Kier alpha value is -1.32. The van der Waals surface area contributed by atoms with Crippen molar-refractivity contribution < 1.29 is 4.74 Å². The van der Waals surface area contributed by atoms with Crippen molar-refractivity contribution in [2.75, 3.05) is 0 Å². The van der Waals surface area contributed by atoms with E-state index in [0.29, 0.717) is 6.61 Å². The normalized spacial score (nSPS) is 14.2. The van der Waals surface area contributed by atoms with Gasteiger partial charge in [0.2, 0.25) is 0 Å². The van der Waals surface area contributed by atoms with E-state index in [4.69, 9.17) is 4.74 Å². The van der Waals surface area contributed by atoms with Gasteiger partial charge in [-0.25, -0.2) is 0 Å². The maximum Gasteiger partial charge on any atom is 0.122 e. The Morgan fingerprint density at radius 2 is 1.95 bits per heavy atom. The molecule has 2 aromatic carbocycles. The van der Waals surface area contributed by atoms with E-state index in [2.05, 4.69) is 58.5 Å². The summed E-state index contributed by atoms with van der Waals surface area (Å²) in [5.74, 6) is 0.944. The van der Waals surface area contributed by atoms with E-state index in [1.807, 2.05) is 12.1 Å². The Bertz CT molecular complexity index is 622. The van der Waals surface area contributed by atoms with E-state index in [9.17, 15) is 0 Å². The Balaban J connectivity index is 1.60. The van der Waals surface area contributed by atoms with E-state index >= 15 is 0 Å². The van der Waals surface area contributed by atoms with Gasteiger partial charge in [-0.2, -0.15) is 0 Å². The first kappa shape index (κ1) is 14.6. The molecule has 0 aromatic heterocycles. The van der Waals surface area contributed by atoms with Gasteiger partial charge in [-0.15, -0.1) is 0 Å². The maximum atomic E-state index is 5.93. The number of rotatable bonds is 6. The van der Waals surface area contributed by atoms with Gasteiger partial charge in [-0.05, 0) is 54.7 Å². The first-order valence-corrected chi connectivity index (χ1v) is 8.20. The quantitative estimate of drug-likeness (QED) is 0.826. The van der Waals surface area contributed by atoms with Gasteiger partial charge in [-0.3, -0.25) is 0 Å². The molecule has 1 saturated carbocycles. The van der Waals surface area contributed by atoms with Crippen LogP contribution in [0.25, 0.3) is 0 Å². The maximum absolute atomic E-state index is 5.93. The van der Waals surface area contributed by atoms with Gasteiger partial charge < -0.3 is 10.1 Å². The van der Waals surface area contributed by atoms with Gasteiger partial charge in [0.1, 0.15) is 12.4 Å². The fraction of sp³-hybridized carbons (Fsp3) is 0.333. The SMILES string of the molecule is Cc1cc(Br)ccc1OCc1cccc(CNC2CC2)c1. The van der Waals surface area contributed by atoms with Gasteiger partial charge in [0, 0.05) is 17.1 Å². The molecule has 0 amide bonds. The molecule has 1 aliphatic rings. The zero-order valence-electron chi connectivity index (χ0n) is 12.2. The van der Waals surface area contributed by atoms with E-state index in [1.54, 1.807) is 0 Å². The van der Waals surface area contributed by atoms with Gasteiger partial charge in [-0.1, -0.05) is 40.2 Å². The highest BCUT2D eigenvalue weighted by molar-refractivity contribution is 9.10. The smallest absolute Gasteiger partial charge is 0.122 e. The minimum absolute atomic E-state index is 0.611. The number of halogens is 1. The lowest BCUT2D eigenvalue weighted by Crippen LogP contribution is -2.15. The predicted molar refractivity (Wildman–Crippen MR) is 89.5 cm³/mol. The minimum Gasteiger partial charge on any atom is -0.489 e. The zero-order chi connectivity index (χ0) is 14.7. The standard InChI is InChI=1S/C18H20BrNO/c1-13-9-16(19)5-8-18(13)21-12-15-4-2-3-14(10-15)11-20-17-6-7-17/h2-5,8-10,17,20H,6-7,11-12H2,1H3. The van der Waals surface area contributed by atoms with Crippen molar-refractivity contribution in [2.24, 2.45) is 0 Å². The number of ether oxygens (including phenoxy) is 1. The third-order valence-electron chi connectivity index (χ3n) is 3.69.